The van der Waals surface area contributed by atoms with Gasteiger partial charge in [-0.15, -0.1) is 35.3 Å². The lowest BCUT2D eigenvalue weighted by Crippen LogP contribution is -2.44. The van der Waals surface area contributed by atoms with Crippen molar-refractivity contribution in [2.75, 3.05) is 33.2 Å². The predicted molar refractivity (Wildman–Crippen MR) is 122 cm³/mol. The number of likely N-dealkylation sites (tertiary alicyclic amines) is 1. The van der Waals surface area contributed by atoms with E-state index in [1.807, 2.05) is 18.4 Å². The normalized spacial score (nSPS) is 22.3. The van der Waals surface area contributed by atoms with Gasteiger partial charge in [-0.2, -0.15) is 0 Å². The highest BCUT2D eigenvalue weighted by molar-refractivity contribution is 14.0. The second-order valence-electron chi connectivity index (χ2n) is 7.95. The fourth-order valence-corrected chi connectivity index (χ4v) is 5.20. The van der Waals surface area contributed by atoms with Gasteiger partial charge < -0.3 is 10.6 Å². The Balaban J connectivity index is 0.00000196. The van der Waals surface area contributed by atoms with Crippen LogP contribution in [0, 0.1) is 17.8 Å². The topological polar surface area (TPSA) is 39.7 Å². The number of rotatable bonds is 8. The Morgan fingerprint density at radius 1 is 1.15 bits per heavy atom. The first-order chi connectivity index (χ1) is 12.3. The van der Waals surface area contributed by atoms with Crippen LogP contribution in [0.3, 0.4) is 0 Å². The first-order valence-electron chi connectivity index (χ1n) is 10.1. The van der Waals surface area contributed by atoms with Crippen molar-refractivity contribution in [3.8, 4) is 0 Å². The van der Waals surface area contributed by atoms with Crippen molar-refractivity contribution < 1.29 is 0 Å². The summed E-state index contributed by atoms with van der Waals surface area (Å²) in [6.07, 6.45) is 8.46. The number of guanidine groups is 1. The highest BCUT2D eigenvalue weighted by Gasteiger charge is 2.41. The second-order valence-corrected chi connectivity index (χ2v) is 8.93. The Bertz CT molecular complexity index is 550. The number of nitrogens with zero attached hydrogens (tertiary/aromatic N) is 2. The van der Waals surface area contributed by atoms with Crippen molar-refractivity contribution in [1.82, 2.24) is 15.5 Å². The molecule has 2 heterocycles. The van der Waals surface area contributed by atoms with E-state index in [2.05, 4.69) is 38.0 Å². The van der Waals surface area contributed by atoms with Crippen LogP contribution in [0.15, 0.2) is 22.5 Å². The quantitative estimate of drug-likeness (QED) is 0.329. The monoisotopic (exact) mass is 488 g/mol. The molecule has 1 unspecified atom stereocenters. The van der Waals surface area contributed by atoms with E-state index in [-0.39, 0.29) is 24.0 Å². The number of hydrogen-bond acceptors (Lipinski definition) is 3. The minimum atomic E-state index is 0. The molecule has 0 bridgehead atoms. The third-order valence-corrected chi connectivity index (χ3v) is 7.07. The largest absolute Gasteiger partial charge is 0.356 e. The molecule has 0 spiro atoms. The Hall–Kier alpha value is -0.340. The Morgan fingerprint density at radius 2 is 1.81 bits per heavy atom. The SMILES string of the molecule is CN=C(NCC(C1CC1)C1CC1)NCC(c1cccs1)N1CCCC1.I. The van der Waals surface area contributed by atoms with E-state index < -0.39 is 0 Å². The van der Waals surface area contributed by atoms with Gasteiger partial charge in [0.25, 0.3) is 0 Å². The van der Waals surface area contributed by atoms with Gasteiger partial charge in [-0.05, 0) is 80.8 Å². The molecule has 0 radical (unpaired) electrons. The van der Waals surface area contributed by atoms with E-state index in [0.29, 0.717) is 6.04 Å². The van der Waals surface area contributed by atoms with Crippen molar-refractivity contribution in [2.45, 2.75) is 44.6 Å². The van der Waals surface area contributed by atoms with Crippen LogP contribution in [0.25, 0.3) is 0 Å². The molecule has 26 heavy (non-hydrogen) atoms. The third-order valence-electron chi connectivity index (χ3n) is 6.10. The molecule has 2 aliphatic carbocycles. The Labute approximate surface area is 179 Å². The maximum atomic E-state index is 4.48. The van der Waals surface area contributed by atoms with Crippen molar-refractivity contribution in [3.63, 3.8) is 0 Å². The van der Waals surface area contributed by atoms with Gasteiger partial charge in [-0.1, -0.05) is 6.07 Å². The van der Waals surface area contributed by atoms with Gasteiger partial charge in [0, 0.05) is 25.0 Å². The van der Waals surface area contributed by atoms with Crippen LogP contribution in [0.4, 0.5) is 0 Å². The minimum absolute atomic E-state index is 0. The molecule has 1 atom stereocenters. The van der Waals surface area contributed by atoms with Crippen LogP contribution in [-0.4, -0.2) is 44.1 Å². The maximum Gasteiger partial charge on any atom is 0.191 e. The average Bonchev–Trinajstić information content (AvgIpc) is 3.54. The van der Waals surface area contributed by atoms with Gasteiger partial charge in [0.1, 0.15) is 0 Å². The zero-order valence-corrected chi connectivity index (χ0v) is 19.0. The van der Waals surface area contributed by atoms with E-state index in [1.165, 1.54) is 56.5 Å². The number of thiophene rings is 1. The number of hydrogen-bond donors (Lipinski definition) is 2. The smallest absolute Gasteiger partial charge is 0.191 e. The summed E-state index contributed by atoms with van der Waals surface area (Å²) >= 11 is 1.88. The summed E-state index contributed by atoms with van der Waals surface area (Å²) in [7, 11) is 1.90. The predicted octanol–water partition coefficient (Wildman–Crippen LogP) is 4.10. The van der Waals surface area contributed by atoms with Gasteiger partial charge in [0.2, 0.25) is 0 Å². The maximum absolute atomic E-state index is 4.48. The van der Waals surface area contributed by atoms with Gasteiger partial charge >= 0.3 is 0 Å². The summed E-state index contributed by atoms with van der Waals surface area (Å²) in [6.45, 7) is 4.49. The van der Waals surface area contributed by atoms with Crippen molar-refractivity contribution in [1.29, 1.82) is 0 Å². The Morgan fingerprint density at radius 3 is 2.35 bits per heavy atom. The molecule has 1 saturated heterocycles. The van der Waals surface area contributed by atoms with E-state index >= 15 is 0 Å². The molecule has 0 aromatic carbocycles. The molecule has 1 aliphatic heterocycles. The summed E-state index contributed by atoms with van der Waals surface area (Å²) in [6, 6.07) is 4.93. The van der Waals surface area contributed by atoms with E-state index in [1.54, 1.807) is 0 Å². The van der Waals surface area contributed by atoms with Crippen molar-refractivity contribution in [3.05, 3.63) is 22.4 Å². The fourth-order valence-electron chi connectivity index (χ4n) is 4.34. The second kappa shape index (κ2) is 9.73. The highest BCUT2D eigenvalue weighted by atomic mass is 127. The standard InChI is InChI=1S/C20H32N4S.HI/c1-21-20(22-13-17(15-6-7-15)16-8-9-16)23-14-18(19-5-4-12-25-19)24-10-2-3-11-24;/h4-5,12,15-18H,2-3,6-11,13-14H2,1H3,(H2,21,22,23);1H. The number of halogens is 1. The molecule has 3 aliphatic rings. The first kappa shape index (κ1) is 20.4. The van der Waals surface area contributed by atoms with Crippen LogP contribution in [0.2, 0.25) is 0 Å². The first-order valence-corrected chi connectivity index (χ1v) is 10.9. The molecule has 146 valence electrons. The van der Waals surface area contributed by atoms with Crippen LogP contribution in [0.5, 0.6) is 0 Å². The third kappa shape index (κ3) is 5.35. The number of nitrogens with one attached hydrogen (secondary N) is 2. The molecule has 0 amide bonds. The van der Waals surface area contributed by atoms with Crippen LogP contribution >= 0.6 is 35.3 Å². The Kier molecular flexibility index (Phi) is 7.64. The van der Waals surface area contributed by atoms with Crippen molar-refractivity contribution in [2.24, 2.45) is 22.7 Å². The highest BCUT2D eigenvalue weighted by Crippen LogP contribution is 2.48. The van der Waals surface area contributed by atoms with Crippen LogP contribution in [0.1, 0.15) is 49.4 Å². The lowest BCUT2D eigenvalue weighted by molar-refractivity contribution is 0.248. The lowest BCUT2D eigenvalue weighted by atomic mass is 9.98. The fraction of sp³-hybridized carbons (Fsp3) is 0.750. The van der Waals surface area contributed by atoms with E-state index in [4.69, 9.17) is 0 Å². The minimum Gasteiger partial charge on any atom is -0.356 e. The van der Waals surface area contributed by atoms with Gasteiger partial charge in [0.05, 0.1) is 6.04 Å². The summed E-state index contributed by atoms with van der Waals surface area (Å²) in [4.78, 5) is 8.58. The molecule has 3 fully saturated rings. The molecule has 4 nitrogen and oxygen atoms in total. The average molecular weight is 488 g/mol. The van der Waals surface area contributed by atoms with Gasteiger partial charge in [-0.25, -0.2) is 0 Å². The summed E-state index contributed by atoms with van der Waals surface area (Å²) in [5.74, 6) is 3.83. The molecule has 2 saturated carbocycles. The molecule has 4 rings (SSSR count). The molecule has 2 N–H and O–H groups in total. The van der Waals surface area contributed by atoms with E-state index in [0.717, 1.165) is 36.8 Å². The molecular weight excluding hydrogens is 455 g/mol. The number of aliphatic imine (C=N–C) groups is 1. The molecular formula is C20H33IN4S. The van der Waals surface area contributed by atoms with Crippen LogP contribution < -0.4 is 10.6 Å². The van der Waals surface area contributed by atoms with Gasteiger partial charge in [-0.3, -0.25) is 9.89 Å². The lowest BCUT2D eigenvalue weighted by Gasteiger charge is -2.28. The van der Waals surface area contributed by atoms with Crippen LogP contribution in [-0.2, 0) is 0 Å². The summed E-state index contributed by atoms with van der Waals surface area (Å²) in [5.41, 5.74) is 0. The zero-order chi connectivity index (χ0) is 17.1. The van der Waals surface area contributed by atoms with E-state index in [9.17, 15) is 0 Å². The van der Waals surface area contributed by atoms with Crippen molar-refractivity contribution >= 4 is 41.3 Å². The molecule has 1 aromatic heterocycles. The zero-order valence-electron chi connectivity index (χ0n) is 15.8. The molecule has 6 heteroatoms. The summed E-state index contributed by atoms with van der Waals surface area (Å²) < 4.78 is 0. The molecule has 1 aromatic rings. The summed E-state index contributed by atoms with van der Waals surface area (Å²) in [5, 5.41) is 9.44. The van der Waals surface area contributed by atoms with Gasteiger partial charge in [0.15, 0.2) is 5.96 Å².